The van der Waals surface area contributed by atoms with E-state index >= 15 is 0 Å². The molecule has 120 valence electrons. The van der Waals surface area contributed by atoms with Crippen molar-refractivity contribution in [3.8, 4) is 5.75 Å². The van der Waals surface area contributed by atoms with Crippen LogP contribution in [0.5, 0.6) is 5.75 Å². The Hall–Kier alpha value is -2.11. The van der Waals surface area contributed by atoms with E-state index in [1.165, 1.54) is 29.2 Å². The molecule has 6 heteroatoms. The van der Waals surface area contributed by atoms with Crippen LogP contribution in [0.2, 0.25) is 0 Å². The van der Waals surface area contributed by atoms with E-state index in [1.54, 1.807) is 20.8 Å². The topological polar surface area (TPSA) is 66.8 Å². The molecular weight excluding hydrogens is 289 g/mol. The van der Waals surface area contributed by atoms with Gasteiger partial charge in [-0.3, -0.25) is 9.59 Å². The van der Waals surface area contributed by atoms with Gasteiger partial charge >= 0.3 is 5.97 Å². The molecule has 0 bridgehead atoms. The second kappa shape index (κ2) is 5.59. The predicted molar refractivity (Wildman–Crippen MR) is 78.0 cm³/mol. The molecule has 1 amide bonds. The molecule has 5 nitrogen and oxygen atoms in total. The fourth-order valence-corrected chi connectivity index (χ4v) is 2.53. The van der Waals surface area contributed by atoms with E-state index in [0.717, 1.165) is 0 Å². The second-order valence-electron chi connectivity index (χ2n) is 6.41. The van der Waals surface area contributed by atoms with Crippen LogP contribution in [-0.2, 0) is 9.59 Å². The lowest BCUT2D eigenvalue weighted by Gasteiger charge is -2.30. The number of halogens is 1. The molecular formula is C16H20FNO4. The summed E-state index contributed by atoms with van der Waals surface area (Å²) in [5.41, 5.74) is -2.07. The molecule has 1 saturated heterocycles. The zero-order chi connectivity index (χ0) is 16.5. The van der Waals surface area contributed by atoms with Crippen LogP contribution < -0.4 is 4.74 Å². The van der Waals surface area contributed by atoms with Crippen molar-refractivity contribution in [3.63, 3.8) is 0 Å². The lowest BCUT2D eigenvalue weighted by atomic mass is 9.90. The van der Waals surface area contributed by atoms with E-state index in [4.69, 9.17) is 4.74 Å². The van der Waals surface area contributed by atoms with Crippen LogP contribution in [0.3, 0.4) is 0 Å². The Balaban J connectivity index is 2.08. The summed E-state index contributed by atoms with van der Waals surface area (Å²) in [6, 6.07) is 5.42. The summed E-state index contributed by atoms with van der Waals surface area (Å²) < 4.78 is 18.6. The summed E-state index contributed by atoms with van der Waals surface area (Å²) in [6.45, 7) is 5.43. The molecule has 0 saturated carbocycles. The summed E-state index contributed by atoms with van der Waals surface area (Å²) >= 11 is 0. The molecule has 1 aliphatic heterocycles. The second-order valence-corrected chi connectivity index (χ2v) is 6.41. The summed E-state index contributed by atoms with van der Waals surface area (Å²) in [5, 5.41) is 9.23. The largest absolute Gasteiger partial charge is 0.481 e. The molecule has 1 atom stereocenters. The Bertz CT molecular complexity index is 584. The number of carboxylic acid groups (broad SMARTS) is 1. The van der Waals surface area contributed by atoms with Gasteiger partial charge in [-0.1, -0.05) is 0 Å². The number of likely N-dealkylation sites (tertiary alicyclic amines) is 1. The highest BCUT2D eigenvalue weighted by atomic mass is 19.1. The van der Waals surface area contributed by atoms with Crippen LogP contribution in [0.25, 0.3) is 0 Å². The van der Waals surface area contributed by atoms with Gasteiger partial charge in [-0.2, -0.15) is 0 Å². The van der Waals surface area contributed by atoms with Crippen molar-refractivity contribution in [2.24, 2.45) is 5.41 Å². The van der Waals surface area contributed by atoms with Crippen LogP contribution in [0, 0.1) is 11.2 Å². The number of benzene rings is 1. The molecule has 22 heavy (non-hydrogen) atoms. The van der Waals surface area contributed by atoms with Crippen LogP contribution >= 0.6 is 0 Å². The third-order valence-corrected chi connectivity index (χ3v) is 3.98. The summed E-state index contributed by atoms with van der Waals surface area (Å²) in [5.74, 6) is -1.17. The monoisotopic (exact) mass is 309 g/mol. The molecule has 1 unspecified atom stereocenters. The minimum atomic E-state index is -1.15. The first-order valence-corrected chi connectivity index (χ1v) is 7.11. The zero-order valence-electron chi connectivity index (χ0n) is 12.9. The maximum Gasteiger partial charge on any atom is 0.311 e. The molecule has 2 rings (SSSR count). The first-order chi connectivity index (χ1) is 10.1. The number of ether oxygens (including phenoxy) is 1. The molecule has 0 aliphatic carbocycles. The minimum Gasteiger partial charge on any atom is -0.481 e. The van der Waals surface area contributed by atoms with Gasteiger partial charge in [0.2, 0.25) is 0 Å². The van der Waals surface area contributed by atoms with E-state index in [0.29, 0.717) is 18.7 Å². The number of aliphatic carboxylic acids is 1. The summed E-state index contributed by atoms with van der Waals surface area (Å²) in [6.07, 6.45) is 0.417. The van der Waals surface area contributed by atoms with Gasteiger partial charge in [-0.15, -0.1) is 0 Å². The van der Waals surface area contributed by atoms with Gasteiger partial charge in [0.1, 0.15) is 11.6 Å². The van der Waals surface area contributed by atoms with E-state index in [1.807, 2.05) is 0 Å². The van der Waals surface area contributed by atoms with Gasteiger partial charge in [0.25, 0.3) is 5.91 Å². The van der Waals surface area contributed by atoms with Crippen molar-refractivity contribution in [2.75, 3.05) is 13.1 Å². The fourth-order valence-electron chi connectivity index (χ4n) is 2.53. The van der Waals surface area contributed by atoms with Crippen molar-refractivity contribution < 1.29 is 23.8 Å². The number of carbonyl (C=O) groups is 2. The zero-order valence-corrected chi connectivity index (χ0v) is 12.9. The SMILES string of the molecule is CC1(C(=O)O)CCN(C(=O)C(C)(C)Oc2ccc(F)cc2)C1. The van der Waals surface area contributed by atoms with Crippen LogP contribution in [0.15, 0.2) is 24.3 Å². The van der Waals surface area contributed by atoms with Crippen LogP contribution in [0.1, 0.15) is 27.2 Å². The van der Waals surface area contributed by atoms with Crippen molar-refractivity contribution in [1.29, 1.82) is 0 Å². The average molecular weight is 309 g/mol. The Labute approximate surface area is 128 Å². The predicted octanol–water partition coefficient (Wildman–Crippen LogP) is 2.31. The molecule has 1 aliphatic rings. The third-order valence-electron chi connectivity index (χ3n) is 3.98. The summed E-state index contributed by atoms with van der Waals surface area (Å²) in [7, 11) is 0. The molecule has 0 spiro atoms. The van der Waals surface area contributed by atoms with Gasteiger partial charge in [-0.25, -0.2) is 4.39 Å². The first-order valence-electron chi connectivity index (χ1n) is 7.11. The number of hydrogen-bond donors (Lipinski definition) is 1. The molecule has 1 N–H and O–H groups in total. The van der Waals surface area contributed by atoms with Gasteiger partial charge in [0.05, 0.1) is 5.41 Å². The molecule has 1 aromatic rings. The number of carbonyl (C=O) groups excluding carboxylic acids is 1. The highest BCUT2D eigenvalue weighted by Gasteiger charge is 2.45. The van der Waals surface area contributed by atoms with Gasteiger partial charge < -0.3 is 14.7 Å². The van der Waals surface area contributed by atoms with Gasteiger partial charge in [-0.05, 0) is 51.5 Å². The molecule has 1 fully saturated rings. The molecule has 1 heterocycles. The molecule has 0 aromatic heterocycles. The van der Waals surface area contributed by atoms with Crippen molar-refractivity contribution in [3.05, 3.63) is 30.1 Å². The fraction of sp³-hybridized carbons (Fsp3) is 0.500. The lowest BCUT2D eigenvalue weighted by Crippen LogP contribution is -2.49. The van der Waals surface area contributed by atoms with E-state index in [-0.39, 0.29) is 18.3 Å². The van der Waals surface area contributed by atoms with E-state index in [2.05, 4.69) is 0 Å². The van der Waals surface area contributed by atoms with Crippen molar-refractivity contribution in [1.82, 2.24) is 4.90 Å². The van der Waals surface area contributed by atoms with E-state index in [9.17, 15) is 19.1 Å². The molecule has 0 radical (unpaired) electrons. The van der Waals surface area contributed by atoms with Crippen LogP contribution in [0.4, 0.5) is 4.39 Å². The standard InChI is InChI=1S/C16H20FNO4/c1-15(2,22-12-6-4-11(17)5-7-12)13(19)18-9-8-16(3,10-18)14(20)21/h4-7H,8-10H2,1-3H3,(H,20,21). The Morgan fingerprint density at radius 1 is 1.32 bits per heavy atom. The molecule has 1 aromatic carbocycles. The number of amides is 1. The van der Waals surface area contributed by atoms with Crippen LogP contribution in [-0.4, -0.2) is 40.6 Å². The third kappa shape index (κ3) is 3.21. The Morgan fingerprint density at radius 2 is 1.91 bits per heavy atom. The number of carboxylic acids is 1. The lowest BCUT2D eigenvalue weighted by molar-refractivity contribution is -0.149. The first kappa shape index (κ1) is 16.3. The minimum absolute atomic E-state index is 0.164. The Morgan fingerprint density at radius 3 is 2.41 bits per heavy atom. The quantitative estimate of drug-likeness (QED) is 0.927. The average Bonchev–Trinajstić information content (AvgIpc) is 2.84. The van der Waals surface area contributed by atoms with Gasteiger partial charge in [0, 0.05) is 13.1 Å². The number of nitrogens with zero attached hydrogens (tertiary/aromatic N) is 1. The number of rotatable bonds is 4. The Kier molecular flexibility index (Phi) is 4.13. The number of hydrogen-bond acceptors (Lipinski definition) is 3. The van der Waals surface area contributed by atoms with Crippen molar-refractivity contribution in [2.45, 2.75) is 32.8 Å². The van der Waals surface area contributed by atoms with Crippen molar-refractivity contribution >= 4 is 11.9 Å². The summed E-state index contributed by atoms with van der Waals surface area (Å²) in [4.78, 5) is 25.4. The smallest absolute Gasteiger partial charge is 0.311 e. The highest BCUT2D eigenvalue weighted by molar-refractivity contribution is 5.86. The van der Waals surface area contributed by atoms with Gasteiger partial charge in [0.15, 0.2) is 5.60 Å². The maximum absolute atomic E-state index is 12.9. The van der Waals surface area contributed by atoms with E-state index < -0.39 is 17.0 Å². The normalized spacial score (nSPS) is 21.7. The maximum atomic E-state index is 12.9. The highest BCUT2D eigenvalue weighted by Crippen LogP contribution is 2.32.